The zero-order chi connectivity index (χ0) is 16.4. The molecule has 0 aliphatic heterocycles. The molecule has 2 amide bonds. The van der Waals surface area contributed by atoms with Crippen molar-refractivity contribution in [2.75, 3.05) is 19.7 Å². The van der Waals surface area contributed by atoms with Gasteiger partial charge in [-0.2, -0.15) is 0 Å². The Bertz CT molecular complexity index is 491. The van der Waals surface area contributed by atoms with E-state index in [9.17, 15) is 14.7 Å². The van der Waals surface area contributed by atoms with Gasteiger partial charge in [0.1, 0.15) is 5.75 Å². The Morgan fingerprint density at radius 2 is 2.00 bits per heavy atom. The molecule has 0 saturated carbocycles. The Balaban J connectivity index is 2.53. The van der Waals surface area contributed by atoms with E-state index in [4.69, 9.17) is 4.74 Å². The third kappa shape index (κ3) is 6.03. The second kappa shape index (κ2) is 9.65. The van der Waals surface area contributed by atoms with Gasteiger partial charge in [-0.25, -0.2) is 4.79 Å². The van der Waals surface area contributed by atoms with Gasteiger partial charge >= 0.3 is 6.09 Å². The summed E-state index contributed by atoms with van der Waals surface area (Å²) in [7, 11) is 0. The predicted molar refractivity (Wildman–Crippen MR) is 83.5 cm³/mol. The molecule has 1 aromatic carbocycles. The third-order valence-electron chi connectivity index (χ3n) is 3.08. The minimum absolute atomic E-state index is 0.0677. The molecule has 0 aliphatic rings. The van der Waals surface area contributed by atoms with Gasteiger partial charge in [-0.05, 0) is 19.4 Å². The number of alkyl carbamates (subject to hydrolysis) is 1. The normalized spacial score (nSPS) is 10.1. The highest BCUT2D eigenvalue weighted by Crippen LogP contribution is 2.18. The first-order chi connectivity index (χ1) is 10.6. The molecule has 0 radical (unpaired) electrons. The van der Waals surface area contributed by atoms with E-state index < -0.39 is 6.09 Å². The molecule has 1 aromatic rings. The maximum atomic E-state index is 12.2. The van der Waals surface area contributed by atoms with Gasteiger partial charge in [0.25, 0.3) is 0 Å². The minimum Gasteiger partial charge on any atom is -0.508 e. The molecule has 1 rings (SSSR count). The number of hydrogen-bond acceptors (Lipinski definition) is 4. The number of nitrogens with one attached hydrogen (secondary N) is 1. The largest absolute Gasteiger partial charge is 0.508 e. The van der Waals surface area contributed by atoms with Crippen LogP contribution in [-0.2, 0) is 16.1 Å². The van der Waals surface area contributed by atoms with E-state index in [1.54, 1.807) is 30.0 Å². The van der Waals surface area contributed by atoms with E-state index in [0.717, 1.165) is 6.42 Å². The van der Waals surface area contributed by atoms with Gasteiger partial charge in [0.05, 0.1) is 6.61 Å². The number of nitrogens with zero attached hydrogens (tertiary/aromatic N) is 1. The lowest BCUT2D eigenvalue weighted by Gasteiger charge is -2.22. The van der Waals surface area contributed by atoms with Gasteiger partial charge < -0.3 is 20.1 Å². The fourth-order valence-corrected chi connectivity index (χ4v) is 2.02. The van der Waals surface area contributed by atoms with Crippen LogP contribution in [0.3, 0.4) is 0 Å². The Morgan fingerprint density at radius 1 is 1.27 bits per heavy atom. The number of carbonyl (C=O) groups is 2. The molecule has 0 heterocycles. The molecule has 0 aromatic heterocycles. The van der Waals surface area contributed by atoms with Crippen LogP contribution in [0.4, 0.5) is 4.79 Å². The average Bonchev–Trinajstić information content (AvgIpc) is 2.49. The molecule has 0 fully saturated rings. The quantitative estimate of drug-likeness (QED) is 0.772. The average molecular weight is 308 g/mol. The first-order valence-corrected chi connectivity index (χ1v) is 7.53. The molecule has 122 valence electrons. The van der Waals surface area contributed by atoms with Crippen LogP contribution in [0.15, 0.2) is 24.3 Å². The summed E-state index contributed by atoms with van der Waals surface area (Å²) < 4.78 is 4.74. The summed E-state index contributed by atoms with van der Waals surface area (Å²) in [5.74, 6) is 0.114. The number of phenolic OH excluding ortho intramolecular Hbond substituents is 1. The Hall–Kier alpha value is -2.24. The van der Waals surface area contributed by atoms with Crippen LogP contribution < -0.4 is 5.32 Å². The summed E-state index contributed by atoms with van der Waals surface area (Å²) >= 11 is 0. The first kappa shape index (κ1) is 17.8. The standard InChI is InChI=1S/C16H24N2O4/c1-3-11-18(12-13-7-5-6-8-14(13)19)15(20)9-10-17-16(21)22-4-2/h5-8,19H,3-4,9-12H2,1-2H3,(H,17,21). The van der Waals surface area contributed by atoms with Crippen LogP contribution in [0.2, 0.25) is 0 Å². The summed E-state index contributed by atoms with van der Waals surface area (Å²) in [6.07, 6.45) is 0.509. The topological polar surface area (TPSA) is 78.9 Å². The van der Waals surface area contributed by atoms with Crippen molar-refractivity contribution in [1.82, 2.24) is 10.2 Å². The molecule has 0 atom stereocenters. The van der Waals surface area contributed by atoms with Crippen molar-refractivity contribution < 1.29 is 19.4 Å². The number of amides is 2. The molecular formula is C16H24N2O4. The zero-order valence-corrected chi connectivity index (χ0v) is 13.2. The van der Waals surface area contributed by atoms with Crippen LogP contribution in [0.25, 0.3) is 0 Å². The summed E-state index contributed by atoms with van der Waals surface area (Å²) in [4.78, 5) is 25.1. The van der Waals surface area contributed by atoms with Gasteiger partial charge in [0.15, 0.2) is 0 Å². The van der Waals surface area contributed by atoms with E-state index in [2.05, 4.69) is 5.32 Å². The molecule has 2 N–H and O–H groups in total. The monoisotopic (exact) mass is 308 g/mol. The van der Waals surface area contributed by atoms with Crippen LogP contribution in [-0.4, -0.2) is 41.7 Å². The summed E-state index contributed by atoms with van der Waals surface area (Å²) in [5.41, 5.74) is 0.711. The maximum Gasteiger partial charge on any atom is 0.407 e. The molecule has 6 heteroatoms. The van der Waals surface area contributed by atoms with Crippen LogP contribution in [0.1, 0.15) is 32.3 Å². The van der Waals surface area contributed by atoms with Crippen molar-refractivity contribution in [3.8, 4) is 5.75 Å². The van der Waals surface area contributed by atoms with Crippen molar-refractivity contribution >= 4 is 12.0 Å². The van der Waals surface area contributed by atoms with Crippen LogP contribution in [0, 0.1) is 0 Å². The Morgan fingerprint density at radius 3 is 2.64 bits per heavy atom. The minimum atomic E-state index is -0.516. The molecule has 0 saturated heterocycles. The number of phenols is 1. The van der Waals surface area contributed by atoms with E-state index in [1.807, 2.05) is 13.0 Å². The molecule has 0 aliphatic carbocycles. The van der Waals surface area contributed by atoms with Gasteiger partial charge in [-0.15, -0.1) is 0 Å². The molecule has 0 bridgehead atoms. The molecule has 22 heavy (non-hydrogen) atoms. The summed E-state index contributed by atoms with van der Waals surface area (Å²) in [6, 6.07) is 6.97. The number of aromatic hydroxyl groups is 1. The van der Waals surface area contributed by atoms with E-state index in [1.165, 1.54) is 0 Å². The number of para-hydroxylation sites is 1. The highest BCUT2D eigenvalue weighted by Gasteiger charge is 2.15. The number of ether oxygens (including phenoxy) is 1. The van der Waals surface area contributed by atoms with E-state index in [0.29, 0.717) is 25.3 Å². The van der Waals surface area contributed by atoms with Gasteiger partial charge in [0.2, 0.25) is 5.91 Å². The van der Waals surface area contributed by atoms with E-state index >= 15 is 0 Å². The lowest BCUT2D eigenvalue weighted by molar-refractivity contribution is -0.131. The Kier molecular flexibility index (Phi) is 7.81. The smallest absolute Gasteiger partial charge is 0.407 e. The van der Waals surface area contributed by atoms with Crippen LogP contribution in [0.5, 0.6) is 5.75 Å². The molecular weight excluding hydrogens is 284 g/mol. The third-order valence-corrected chi connectivity index (χ3v) is 3.08. The Labute approximate surface area is 131 Å². The molecule has 0 spiro atoms. The highest BCUT2D eigenvalue weighted by atomic mass is 16.5. The fourth-order valence-electron chi connectivity index (χ4n) is 2.02. The zero-order valence-electron chi connectivity index (χ0n) is 13.2. The number of carbonyl (C=O) groups excluding carboxylic acids is 2. The second-order valence-electron chi connectivity index (χ2n) is 4.84. The second-order valence-corrected chi connectivity index (χ2v) is 4.84. The molecule has 6 nitrogen and oxygen atoms in total. The highest BCUT2D eigenvalue weighted by molar-refractivity contribution is 5.77. The predicted octanol–water partition coefficient (Wildman–Crippen LogP) is 2.27. The van der Waals surface area contributed by atoms with Crippen molar-refractivity contribution in [2.45, 2.75) is 33.2 Å². The van der Waals surface area contributed by atoms with Crippen molar-refractivity contribution in [1.29, 1.82) is 0 Å². The van der Waals surface area contributed by atoms with Crippen molar-refractivity contribution in [3.05, 3.63) is 29.8 Å². The van der Waals surface area contributed by atoms with Crippen molar-refractivity contribution in [3.63, 3.8) is 0 Å². The maximum absolute atomic E-state index is 12.2. The summed E-state index contributed by atoms with van der Waals surface area (Å²) in [5, 5.41) is 12.3. The lowest BCUT2D eigenvalue weighted by atomic mass is 10.1. The molecule has 0 unspecified atom stereocenters. The van der Waals surface area contributed by atoms with Gasteiger partial charge in [-0.3, -0.25) is 4.79 Å². The number of hydrogen-bond donors (Lipinski definition) is 2. The van der Waals surface area contributed by atoms with Crippen LogP contribution >= 0.6 is 0 Å². The summed E-state index contributed by atoms with van der Waals surface area (Å²) in [6.45, 7) is 5.21. The number of benzene rings is 1. The van der Waals surface area contributed by atoms with Gasteiger partial charge in [-0.1, -0.05) is 25.1 Å². The number of rotatable bonds is 8. The fraction of sp³-hybridized carbons (Fsp3) is 0.500. The first-order valence-electron chi connectivity index (χ1n) is 7.53. The SMILES string of the molecule is CCCN(Cc1ccccc1O)C(=O)CCNC(=O)OCC. The van der Waals surface area contributed by atoms with E-state index in [-0.39, 0.29) is 24.6 Å². The lowest BCUT2D eigenvalue weighted by Crippen LogP contribution is -2.35. The van der Waals surface area contributed by atoms with Crippen molar-refractivity contribution in [2.24, 2.45) is 0 Å². The van der Waals surface area contributed by atoms with Gasteiger partial charge in [0, 0.05) is 31.6 Å².